The maximum Gasteiger partial charge on any atom is 0.255 e. The highest BCUT2D eigenvalue weighted by molar-refractivity contribution is 9.10. The van der Waals surface area contributed by atoms with E-state index >= 15 is 0 Å². The van der Waals surface area contributed by atoms with E-state index in [-0.39, 0.29) is 5.56 Å². The molecule has 2 aromatic rings. The number of fused-ring (bicyclic) bond motifs is 1. The molecule has 0 saturated heterocycles. The Labute approximate surface area is 111 Å². The Hall–Kier alpha value is -1.76. The van der Waals surface area contributed by atoms with Gasteiger partial charge >= 0.3 is 0 Å². The van der Waals surface area contributed by atoms with E-state index in [9.17, 15) is 4.79 Å². The summed E-state index contributed by atoms with van der Waals surface area (Å²) in [5.41, 5.74) is 1.49. The van der Waals surface area contributed by atoms with E-state index in [0.717, 1.165) is 23.1 Å². The topological polar surface area (TPSA) is 74.8 Å². The predicted octanol–water partition coefficient (Wildman–Crippen LogP) is 0.885. The van der Waals surface area contributed by atoms with Gasteiger partial charge in [0.1, 0.15) is 0 Å². The van der Waals surface area contributed by atoms with Crippen LogP contribution >= 0.6 is 15.9 Å². The second-order valence-corrected chi connectivity index (χ2v) is 4.95. The highest BCUT2D eigenvalue weighted by atomic mass is 79.9. The molecule has 0 atom stereocenters. The molecule has 3 rings (SSSR count). The van der Waals surface area contributed by atoms with Gasteiger partial charge in [0.05, 0.1) is 28.6 Å². The number of halogens is 1. The number of hydrogen-bond acceptors (Lipinski definition) is 5. The maximum absolute atomic E-state index is 11.7. The van der Waals surface area contributed by atoms with Gasteiger partial charge in [-0.15, -0.1) is 0 Å². The minimum atomic E-state index is -0.0817. The summed E-state index contributed by atoms with van der Waals surface area (Å²) in [5, 5.41) is 0. The Bertz CT molecular complexity index is 624. The molecule has 3 heterocycles. The van der Waals surface area contributed by atoms with Gasteiger partial charge in [-0.05, 0) is 15.9 Å². The van der Waals surface area contributed by atoms with Gasteiger partial charge in [0.25, 0.3) is 5.56 Å². The molecule has 0 spiro atoms. The molecular formula is C11H10BrN5O. The smallest absolute Gasteiger partial charge is 0.255 e. The molecule has 0 amide bonds. The Kier molecular flexibility index (Phi) is 2.83. The number of anilines is 1. The van der Waals surface area contributed by atoms with Gasteiger partial charge in [0.15, 0.2) is 0 Å². The Morgan fingerprint density at radius 1 is 1.28 bits per heavy atom. The first-order chi connectivity index (χ1) is 8.74. The van der Waals surface area contributed by atoms with Crippen molar-refractivity contribution in [3.05, 3.63) is 44.8 Å². The minimum Gasteiger partial charge on any atom is -0.336 e. The van der Waals surface area contributed by atoms with Crippen LogP contribution in [0.5, 0.6) is 0 Å². The third kappa shape index (κ3) is 2.01. The van der Waals surface area contributed by atoms with Gasteiger partial charge in [0, 0.05) is 25.4 Å². The lowest BCUT2D eigenvalue weighted by molar-refractivity contribution is 0.678. The summed E-state index contributed by atoms with van der Waals surface area (Å²) < 4.78 is 0.836. The van der Waals surface area contributed by atoms with Crippen molar-refractivity contribution in [3.63, 3.8) is 0 Å². The van der Waals surface area contributed by atoms with E-state index in [4.69, 9.17) is 0 Å². The highest BCUT2D eigenvalue weighted by Crippen LogP contribution is 2.18. The number of hydrogen-bond donors (Lipinski definition) is 1. The Morgan fingerprint density at radius 2 is 2.06 bits per heavy atom. The summed E-state index contributed by atoms with van der Waals surface area (Å²) in [6.45, 7) is 1.27. The molecule has 0 fully saturated rings. The summed E-state index contributed by atoms with van der Waals surface area (Å²) in [4.78, 5) is 29.0. The van der Waals surface area contributed by atoms with Crippen LogP contribution in [-0.2, 0) is 13.0 Å². The molecule has 1 N–H and O–H groups in total. The fourth-order valence-corrected chi connectivity index (χ4v) is 2.20. The monoisotopic (exact) mass is 307 g/mol. The van der Waals surface area contributed by atoms with E-state index in [1.807, 2.05) is 4.90 Å². The van der Waals surface area contributed by atoms with E-state index in [1.165, 1.54) is 6.33 Å². The first-order valence-electron chi connectivity index (χ1n) is 5.52. The lowest BCUT2D eigenvalue weighted by atomic mass is 10.1. The molecule has 6 nitrogen and oxygen atoms in total. The van der Waals surface area contributed by atoms with Gasteiger partial charge in [-0.25, -0.2) is 15.0 Å². The summed E-state index contributed by atoms with van der Waals surface area (Å²) >= 11 is 3.30. The quantitative estimate of drug-likeness (QED) is 0.846. The zero-order valence-electron chi connectivity index (χ0n) is 9.43. The van der Waals surface area contributed by atoms with Gasteiger partial charge in [-0.3, -0.25) is 4.79 Å². The van der Waals surface area contributed by atoms with Crippen LogP contribution in [0, 0.1) is 0 Å². The molecule has 0 aliphatic carbocycles. The normalized spacial score (nSPS) is 14.4. The summed E-state index contributed by atoms with van der Waals surface area (Å²) in [7, 11) is 0. The molecule has 0 saturated carbocycles. The average molecular weight is 308 g/mol. The van der Waals surface area contributed by atoms with Gasteiger partial charge < -0.3 is 9.88 Å². The molecule has 7 heteroatoms. The van der Waals surface area contributed by atoms with Crippen molar-refractivity contribution in [1.82, 2.24) is 19.9 Å². The lowest BCUT2D eigenvalue weighted by Crippen LogP contribution is -2.36. The largest absolute Gasteiger partial charge is 0.336 e. The second-order valence-electron chi connectivity index (χ2n) is 4.03. The fourth-order valence-electron chi connectivity index (χ4n) is 1.99. The van der Waals surface area contributed by atoms with E-state index < -0.39 is 0 Å². The molecule has 0 bridgehead atoms. The van der Waals surface area contributed by atoms with Crippen molar-refractivity contribution >= 4 is 21.9 Å². The van der Waals surface area contributed by atoms with Crippen molar-refractivity contribution in [1.29, 1.82) is 0 Å². The van der Waals surface area contributed by atoms with Crippen LogP contribution in [0.25, 0.3) is 0 Å². The number of H-pyrrole nitrogens is 1. The van der Waals surface area contributed by atoms with Crippen LogP contribution in [0.3, 0.4) is 0 Å². The number of nitrogens with zero attached hydrogens (tertiary/aromatic N) is 4. The van der Waals surface area contributed by atoms with Crippen molar-refractivity contribution in [2.45, 2.75) is 13.0 Å². The van der Waals surface area contributed by atoms with Crippen LogP contribution in [0.1, 0.15) is 11.3 Å². The Morgan fingerprint density at radius 3 is 2.83 bits per heavy atom. The first-order valence-corrected chi connectivity index (χ1v) is 6.31. The number of nitrogens with one attached hydrogen (secondary N) is 1. The van der Waals surface area contributed by atoms with Crippen molar-refractivity contribution < 1.29 is 0 Å². The second kappa shape index (κ2) is 4.49. The number of rotatable bonds is 1. The molecule has 0 unspecified atom stereocenters. The average Bonchev–Trinajstić information content (AvgIpc) is 2.40. The zero-order valence-corrected chi connectivity index (χ0v) is 11.0. The van der Waals surface area contributed by atoms with Crippen LogP contribution in [0.2, 0.25) is 0 Å². The third-order valence-corrected chi connectivity index (χ3v) is 3.31. The van der Waals surface area contributed by atoms with Crippen LogP contribution in [-0.4, -0.2) is 26.5 Å². The van der Waals surface area contributed by atoms with Crippen LogP contribution in [0.15, 0.2) is 28.0 Å². The van der Waals surface area contributed by atoms with Crippen LogP contribution in [0.4, 0.5) is 5.95 Å². The van der Waals surface area contributed by atoms with Crippen molar-refractivity contribution in [2.24, 2.45) is 0 Å². The number of aromatic nitrogens is 4. The van der Waals surface area contributed by atoms with Crippen molar-refractivity contribution in [2.75, 3.05) is 11.4 Å². The van der Waals surface area contributed by atoms with E-state index in [0.29, 0.717) is 18.1 Å². The third-order valence-electron chi connectivity index (χ3n) is 2.90. The van der Waals surface area contributed by atoms with Gasteiger partial charge in [-0.1, -0.05) is 0 Å². The predicted molar refractivity (Wildman–Crippen MR) is 69.3 cm³/mol. The van der Waals surface area contributed by atoms with E-state index in [1.54, 1.807) is 12.4 Å². The molecule has 2 aromatic heterocycles. The van der Waals surface area contributed by atoms with E-state index in [2.05, 4.69) is 35.9 Å². The standard InChI is InChI=1S/C11H10BrN5O/c12-7-3-13-11(14-4-7)17-2-1-9-8(5-17)10(18)16-6-15-9/h3-4,6H,1-2,5H2,(H,15,16,18). The molecule has 1 aliphatic rings. The lowest BCUT2D eigenvalue weighted by Gasteiger charge is -2.27. The minimum absolute atomic E-state index is 0.0817. The molecule has 0 aromatic carbocycles. The molecule has 92 valence electrons. The Balaban J connectivity index is 1.93. The summed E-state index contributed by atoms with van der Waals surface area (Å²) in [5.74, 6) is 0.632. The van der Waals surface area contributed by atoms with Gasteiger partial charge in [0.2, 0.25) is 5.95 Å². The maximum atomic E-state index is 11.7. The summed E-state index contributed by atoms with van der Waals surface area (Å²) in [6.07, 6.45) is 5.59. The number of aromatic amines is 1. The molecular weight excluding hydrogens is 298 g/mol. The fraction of sp³-hybridized carbons (Fsp3) is 0.273. The highest BCUT2D eigenvalue weighted by Gasteiger charge is 2.21. The first kappa shape index (κ1) is 11.3. The van der Waals surface area contributed by atoms with Gasteiger partial charge in [-0.2, -0.15) is 0 Å². The molecule has 0 radical (unpaired) electrons. The zero-order chi connectivity index (χ0) is 12.5. The SMILES string of the molecule is O=c1[nH]cnc2c1CN(c1ncc(Br)cn1)CC2. The van der Waals surface area contributed by atoms with Crippen molar-refractivity contribution in [3.8, 4) is 0 Å². The van der Waals surface area contributed by atoms with Crippen LogP contribution < -0.4 is 10.5 Å². The molecule has 1 aliphatic heterocycles. The molecule has 18 heavy (non-hydrogen) atoms. The summed E-state index contributed by atoms with van der Waals surface area (Å²) in [6, 6.07) is 0.